The largest absolute Gasteiger partial charge is 0.478 e. The number of nitrogens with zero attached hydrogens (tertiary/aromatic N) is 1. The molecule has 1 heterocycles. The van der Waals surface area contributed by atoms with Crippen LogP contribution < -0.4 is 5.32 Å². The number of hydrogen-bond acceptors (Lipinski definition) is 3. The second-order valence-electron chi connectivity index (χ2n) is 4.78. The molecule has 1 atom stereocenters. The number of benzene rings is 1. The van der Waals surface area contributed by atoms with E-state index >= 15 is 0 Å². The molecule has 18 heavy (non-hydrogen) atoms. The molecule has 1 unspecified atom stereocenters. The number of likely N-dealkylation sites (tertiary alicyclic amines) is 1. The van der Waals surface area contributed by atoms with Gasteiger partial charge in [-0.05, 0) is 44.6 Å². The van der Waals surface area contributed by atoms with Crippen LogP contribution in [0.4, 0.5) is 5.69 Å². The van der Waals surface area contributed by atoms with E-state index in [2.05, 4.69) is 33.2 Å². The molecule has 0 aromatic heterocycles. The van der Waals surface area contributed by atoms with Crippen molar-refractivity contribution >= 4 is 27.6 Å². The van der Waals surface area contributed by atoms with Crippen molar-refractivity contribution in [1.29, 1.82) is 0 Å². The van der Waals surface area contributed by atoms with E-state index in [0.717, 1.165) is 29.7 Å². The molecule has 98 valence electrons. The van der Waals surface area contributed by atoms with Gasteiger partial charge in [0.25, 0.3) is 0 Å². The lowest BCUT2D eigenvalue weighted by atomic mass is 10.1. The van der Waals surface area contributed by atoms with Gasteiger partial charge in [0.15, 0.2) is 0 Å². The minimum absolute atomic E-state index is 0.302. The second-order valence-corrected chi connectivity index (χ2v) is 5.70. The molecule has 4 nitrogen and oxygen atoms in total. The Kier molecular flexibility index (Phi) is 4.24. The highest BCUT2D eigenvalue weighted by Crippen LogP contribution is 2.22. The van der Waals surface area contributed by atoms with E-state index in [1.54, 1.807) is 12.1 Å². The van der Waals surface area contributed by atoms with Crippen LogP contribution in [0.3, 0.4) is 0 Å². The molecule has 0 spiro atoms. The molecule has 0 aliphatic carbocycles. The van der Waals surface area contributed by atoms with Gasteiger partial charge in [0.05, 0.1) is 5.56 Å². The Labute approximate surface area is 115 Å². The van der Waals surface area contributed by atoms with E-state index in [1.807, 2.05) is 6.07 Å². The zero-order valence-corrected chi connectivity index (χ0v) is 11.9. The molecule has 1 aromatic rings. The first-order valence-corrected chi connectivity index (χ1v) is 6.83. The molecule has 1 fully saturated rings. The summed E-state index contributed by atoms with van der Waals surface area (Å²) >= 11 is 3.34. The molecule has 0 saturated carbocycles. The van der Waals surface area contributed by atoms with E-state index in [1.165, 1.54) is 6.42 Å². The normalized spacial score (nSPS) is 20.7. The highest BCUT2D eigenvalue weighted by atomic mass is 79.9. The van der Waals surface area contributed by atoms with Crippen LogP contribution in [0, 0.1) is 0 Å². The van der Waals surface area contributed by atoms with E-state index in [9.17, 15) is 4.79 Å². The molecule has 1 aliphatic heterocycles. The molecule has 5 heteroatoms. The van der Waals surface area contributed by atoms with E-state index in [0.29, 0.717) is 11.6 Å². The fourth-order valence-corrected chi connectivity index (χ4v) is 2.81. The molecule has 0 bridgehead atoms. The van der Waals surface area contributed by atoms with Crippen molar-refractivity contribution in [3.05, 3.63) is 28.2 Å². The summed E-state index contributed by atoms with van der Waals surface area (Å²) in [5.41, 5.74) is 1.16. The standard InChI is InChI=1S/C13H17BrN2O2/c1-16-4-2-3-11(8-16)15-12-6-9(13(17)18)5-10(14)7-12/h5-7,11,15H,2-4,8H2,1H3,(H,17,18). The Morgan fingerprint density at radius 3 is 2.94 bits per heavy atom. The number of rotatable bonds is 3. The van der Waals surface area contributed by atoms with Crippen LogP contribution in [0.15, 0.2) is 22.7 Å². The van der Waals surface area contributed by atoms with E-state index in [-0.39, 0.29) is 0 Å². The molecule has 0 amide bonds. The average Bonchev–Trinajstić information content (AvgIpc) is 2.28. The van der Waals surface area contributed by atoms with Crippen LogP contribution in [0.1, 0.15) is 23.2 Å². The number of carboxylic acids is 1. The Hall–Kier alpha value is -1.07. The minimum atomic E-state index is -0.903. The van der Waals surface area contributed by atoms with Crippen molar-refractivity contribution < 1.29 is 9.90 Å². The van der Waals surface area contributed by atoms with Gasteiger partial charge in [0.1, 0.15) is 0 Å². The predicted octanol–water partition coefficient (Wildman–Crippen LogP) is 2.65. The van der Waals surface area contributed by atoms with E-state index < -0.39 is 5.97 Å². The SMILES string of the molecule is CN1CCCC(Nc2cc(Br)cc(C(=O)O)c2)C1. The third kappa shape index (κ3) is 3.46. The summed E-state index contributed by atoms with van der Waals surface area (Å²) in [6.45, 7) is 2.13. The third-order valence-electron chi connectivity index (χ3n) is 3.14. The lowest BCUT2D eigenvalue weighted by Gasteiger charge is -2.31. The number of carbonyl (C=O) groups is 1. The first-order valence-electron chi connectivity index (χ1n) is 6.03. The molecule has 2 rings (SSSR count). The number of piperidine rings is 1. The Balaban J connectivity index is 2.10. The summed E-state index contributed by atoms with van der Waals surface area (Å²) in [6, 6.07) is 5.60. The van der Waals surface area contributed by atoms with Crippen molar-refractivity contribution in [3.63, 3.8) is 0 Å². The van der Waals surface area contributed by atoms with E-state index in [4.69, 9.17) is 5.11 Å². The highest BCUT2D eigenvalue weighted by Gasteiger charge is 2.17. The number of halogens is 1. The van der Waals surface area contributed by atoms with Crippen molar-refractivity contribution in [2.45, 2.75) is 18.9 Å². The fourth-order valence-electron chi connectivity index (χ4n) is 2.32. The van der Waals surface area contributed by atoms with Crippen LogP contribution in [-0.2, 0) is 0 Å². The number of carboxylic acid groups (broad SMARTS) is 1. The molecule has 1 aromatic carbocycles. The number of aromatic carboxylic acids is 1. The van der Waals surface area contributed by atoms with Gasteiger partial charge in [0.2, 0.25) is 0 Å². The van der Waals surface area contributed by atoms with Gasteiger partial charge in [-0.15, -0.1) is 0 Å². The lowest BCUT2D eigenvalue weighted by molar-refractivity contribution is 0.0697. The van der Waals surface area contributed by atoms with Gasteiger partial charge >= 0.3 is 5.97 Å². The summed E-state index contributed by atoms with van der Waals surface area (Å²) < 4.78 is 0.786. The Bertz CT molecular complexity index is 451. The molecule has 2 N–H and O–H groups in total. The Morgan fingerprint density at radius 1 is 1.50 bits per heavy atom. The average molecular weight is 313 g/mol. The maximum atomic E-state index is 11.0. The second kappa shape index (κ2) is 5.71. The molecule has 1 aliphatic rings. The van der Waals surface area contributed by atoms with Gasteiger partial charge < -0.3 is 15.3 Å². The zero-order chi connectivity index (χ0) is 13.1. The van der Waals surface area contributed by atoms with Crippen LogP contribution >= 0.6 is 15.9 Å². The van der Waals surface area contributed by atoms with Gasteiger partial charge in [0, 0.05) is 22.7 Å². The minimum Gasteiger partial charge on any atom is -0.478 e. The third-order valence-corrected chi connectivity index (χ3v) is 3.60. The van der Waals surface area contributed by atoms with Crippen molar-refractivity contribution in [2.24, 2.45) is 0 Å². The molecular weight excluding hydrogens is 296 g/mol. The summed E-state index contributed by atoms with van der Waals surface area (Å²) in [6.07, 6.45) is 2.30. The first kappa shape index (κ1) is 13.4. The van der Waals surface area contributed by atoms with Crippen LogP contribution in [0.2, 0.25) is 0 Å². The van der Waals surface area contributed by atoms with Crippen molar-refractivity contribution in [3.8, 4) is 0 Å². The summed E-state index contributed by atoms with van der Waals surface area (Å²) in [4.78, 5) is 13.3. The quantitative estimate of drug-likeness (QED) is 0.901. The number of hydrogen-bond donors (Lipinski definition) is 2. The maximum Gasteiger partial charge on any atom is 0.335 e. The topological polar surface area (TPSA) is 52.6 Å². The van der Waals surface area contributed by atoms with Crippen molar-refractivity contribution in [1.82, 2.24) is 4.90 Å². The van der Waals surface area contributed by atoms with Gasteiger partial charge in [-0.25, -0.2) is 4.79 Å². The van der Waals surface area contributed by atoms with Gasteiger partial charge in [-0.2, -0.15) is 0 Å². The van der Waals surface area contributed by atoms with Crippen LogP contribution in [-0.4, -0.2) is 42.2 Å². The zero-order valence-electron chi connectivity index (χ0n) is 10.3. The summed E-state index contributed by atoms with van der Waals surface area (Å²) in [7, 11) is 2.11. The van der Waals surface area contributed by atoms with Crippen LogP contribution in [0.5, 0.6) is 0 Å². The number of anilines is 1. The number of likely N-dealkylation sites (N-methyl/N-ethyl adjacent to an activating group) is 1. The molecule has 1 saturated heterocycles. The summed E-state index contributed by atoms with van der Waals surface area (Å²) in [5.74, 6) is -0.903. The first-order chi connectivity index (χ1) is 8.54. The van der Waals surface area contributed by atoms with Gasteiger partial charge in [-0.3, -0.25) is 0 Å². The van der Waals surface area contributed by atoms with Gasteiger partial charge in [-0.1, -0.05) is 15.9 Å². The predicted molar refractivity (Wildman–Crippen MR) is 75.2 cm³/mol. The molecule has 0 radical (unpaired) electrons. The van der Waals surface area contributed by atoms with Crippen molar-refractivity contribution in [2.75, 3.05) is 25.5 Å². The summed E-state index contributed by atoms with van der Waals surface area (Å²) in [5, 5.41) is 12.4. The van der Waals surface area contributed by atoms with Crippen LogP contribution in [0.25, 0.3) is 0 Å². The number of nitrogens with one attached hydrogen (secondary N) is 1. The fraction of sp³-hybridized carbons (Fsp3) is 0.462. The monoisotopic (exact) mass is 312 g/mol. The Morgan fingerprint density at radius 2 is 2.28 bits per heavy atom. The maximum absolute atomic E-state index is 11.0. The highest BCUT2D eigenvalue weighted by molar-refractivity contribution is 9.10. The smallest absolute Gasteiger partial charge is 0.335 e. The lowest BCUT2D eigenvalue weighted by Crippen LogP contribution is -2.39. The molecular formula is C13H17BrN2O2.